The number of anilines is 2. The summed E-state index contributed by atoms with van der Waals surface area (Å²) in [6, 6.07) is 15.1. The number of fused-ring (bicyclic) bond motifs is 1. The van der Waals surface area contributed by atoms with Crippen molar-refractivity contribution >= 4 is 23.2 Å². The Labute approximate surface area is 147 Å². The van der Waals surface area contributed by atoms with Crippen LogP contribution in [0.1, 0.15) is 5.56 Å². The summed E-state index contributed by atoms with van der Waals surface area (Å²) in [4.78, 5) is 28.0. The number of methoxy groups -OCH3 is 1. The van der Waals surface area contributed by atoms with Crippen molar-refractivity contribution in [1.82, 2.24) is 4.90 Å². The molecule has 6 nitrogen and oxygen atoms in total. The van der Waals surface area contributed by atoms with Crippen molar-refractivity contribution in [2.45, 2.75) is 6.54 Å². The highest BCUT2D eigenvalue weighted by Crippen LogP contribution is 2.28. The van der Waals surface area contributed by atoms with E-state index in [1.54, 1.807) is 18.1 Å². The maximum Gasteiger partial charge on any atom is 0.244 e. The van der Waals surface area contributed by atoms with Crippen molar-refractivity contribution in [2.75, 3.05) is 37.5 Å². The van der Waals surface area contributed by atoms with E-state index in [0.29, 0.717) is 12.2 Å². The fourth-order valence-electron chi connectivity index (χ4n) is 2.87. The molecular weight excluding hydrogens is 318 g/mol. The molecule has 0 aromatic heterocycles. The van der Waals surface area contributed by atoms with Crippen LogP contribution in [0.4, 0.5) is 11.4 Å². The summed E-state index contributed by atoms with van der Waals surface area (Å²) in [5.74, 6) is 0.529. The van der Waals surface area contributed by atoms with Crippen LogP contribution in [-0.2, 0) is 16.1 Å². The molecule has 130 valence electrons. The van der Waals surface area contributed by atoms with Crippen LogP contribution in [0.15, 0.2) is 48.5 Å². The molecule has 0 bridgehead atoms. The van der Waals surface area contributed by atoms with Crippen molar-refractivity contribution in [3.8, 4) is 5.75 Å². The molecular formula is C19H21N3O3. The average molecular weight is 339 g/mol. The van der Waals surface area contributed by atoms with E-state index in [2.05, 4.69) is 5.32 Å². The molecule has 0 saturated carbocycles. The van der Waals surface area contributed by atoms with Crippen LogP contribution in [0.3, 0.4) is 0 Å². The Balaban J connectivity index is 1.66. The number of carbonyl (C=O) groups is 2. The predicted molar refractivity (Wildman–Crippen MR) is 96.8 cm³/mol. The molecule has 0 aliphatic carbocycles. The van der Waals surface area contributed by atoms with E-state index in [1.807, 2.05) is 54.4 Å². The summed E-state index contributed by atoms with van der Waals surface area (Å²) in [6.07, 6.45) is 0. The summed E-state index contributed by atoms with van der Waals surface area (Å²) in [7, 11) is 3.52. The Morgan fingerprint density at radius 1 is 1.20 bits per heavy atom. The highest BCUT2D eigenvalue weighted by atomic mass is 16.5. The Bertz CT molecular complexity index is 774. The zero-order valence-electron chi connectivity index (χ0n) is 14.4. The molecule has 1 aliphatic rings. The van der Waals surface area contributed by atoms with Crippen LogP contribution < -0.4 is 15.0 Å². The van der Waals surface area contributed by atoms with E-state index >= 15 is 0 Å². The van der Waals surface area contributed by atoms with Gasteiger partial charge in [-0.2, -0.15) is 0 Å². The van der Waals surface area contributed by atoms with Gasteiger partial charge in [0.25, 0.3) is 0 Å². The van der Waals surface area contributed by atoms with Crippen molar-refractivity contribution in [2.24, 2.45) is 0 Å². The number of benzene rings is 2. The molecule has 0 radical (unpaired) electrons. The zero-order chi connectivity index (χ0) is 17.8. The lowest BCUT2D eigenvalue weighted by molar-refractivity contribution is -0.122. The van der Waals surface area contributed by atoms with Crippen LogP contribution >= 0.6 is 0 Å². The van der Waals surface area contributed by atoms with E-state index in [4.69, 9.17) is 4.74 Å². The number of carbonyl (C=O) groups excluding carboxylic acids is 2. The lowest BCUT2D eigenvalue weighted by Gasteiger charge is -2.30. The summed E-state index contributed by atoms with van der Waals surface area (Å²) in [6.45, 7) is 0.914. The van der Waals surface area contributed by atoms with Crippen molar-refractivity contribution in [3.63, 3.8) is 0 Å². The zero-order valence-corrected chi connectivity index (χ0v) is 14.4. The molecule has 0 unspecified atom stereocenters. The Morgan fingerprint density at radius 2 is 1.92 bits per heavy atom. The second kappa shape index (κ2) is 7.36. The first kappa shape index (κ1) is 17.0. The van der Waals surface area contributed by atoms with E-state index in [0.717, 1.165) is 17.0 Å². The van der Waals surface area contributed by atoms with E-state index in [-0.39, 0.29) is 24.9 Å². The number of likely N-dealkylation sites (N-methyl/N-ethyl adjacent to an activating group) is 1. The van der Waals surface area contributed by atoms with Crippen LogP contribution in [0, 0.1) is 0 Å². The molecule has 3 rings (SSSR count). The standard InChI is InChI=1S/C19H21N3O3/c1-21(11-14-7-9-15(25-2)10-8-14)13-19(24)22-12-18(23)20-16-5-3-4-6-17(16)22/h3-10H,11-13H2,1-2H3,(H,20,23). The molecule has 6 heteroatoms. The smallest absolute Gasteiger partial charge is 0.244 e. The second-order valence-corrected chi connectivity index (χ2v) is 6.07. The third kappa shape index (κ3) is 3.97. The highest BCUT2D eigenvalue weighted by molar-refractivity contribution is 6.10. The molecule has 0 fully saturated rings. The molecule has 25 heavy (non-hydrogen) atoms. The molecule has 0 atom stereocenters. The number of ether oxygens (including phenoxy) is 1. The van der Waals surface area contributed by atoms with Gasteiger partial charge < -0.3 is 10.1 Å². The van der Waals surface area contributed by atoms with Crippen molar-refractivity contribution < 1.29 is 14.3 Å². The van der Waals surface area contributed by atoms with Gasteiger partial charge in [0.2, 0.25) is 11.8 Å². The highest BCUT2D eigenvalue weighted by Gasteiger charge is 2.26. The van der Waals surface area contributed by atoms with Gasteiger partial charge in [-0.1, -0.05) is 24.3 Å². The van der Waals surface area contributed by atoms with Gasteiger partial charge in [0.05, 0.1) is 25.0 Å². The van der Waals surface area contributed by atoms with E-state index in [1.165, 1.54) is 0 Å². The summed E-state index contributed by atoms with van der Waals surface area (Å²) in [5, 5.41) is 2.79. The molecule has 2 aromatic rings. The third-order valence-corrected chi connectivity index (χ3v) is 4.09. The number of hydrogen-bond donors (Lipinski definition) is 1. The Morgan fingerprint density at radius 3 is 2.64 bits per heavy atom. The summed E-state index contributed by atoms with van der Waals surface area (Å²) in [5.41, 5.74) is 2.50. The minimum absolute atomic E-state index is 0.0478. The van der Waals surface area contributed by atoms with E-state index in [9.17, 15) is 9.59 Å². The first-order valence-electron chi connectivity index (χ1n) is 8.07. The van der Waals surface area contributed by atoms with Gasteiger partial charge >= 0.3 is 0 Å². The first-order chi connectivity index (χ1) is 12.1. The monoisotopic (exact) mass is 339 g/mol. The molecule has 0 saturated heterocycles. The lowest BCUT2D eigenvalue weighted by Crippen LogP contribution is -2.45. The van der Waals surface area contributed by atoms with Gasteiger partial charge in [0, 0.05) is 6.54 Å². The lowest BCUT2D eigenvalue weighted by atomic mass is 10.2. The first-order valence-corrected chi connectivity index (χ1v) is 8.07. The number of nitrogens with one attached hydrogen (secondary N) is 1. The number of para-hydroxylation sites is 2. The van der Waals surface area contributed by atoms with Gasteiger partial charge in [-0.05, 0) is 36.9 Å². The van der Waals surface area contributed by atoms with Crippen molar-refractivity contribution in [1.29, 1.82) is 0 Å². The average Bonchev–Trinajstić information content (AvgIpc) is 2.61. The van der Waals surface area contributed by atoms with Gasteiger partial charge in [-0.15, -0.1) is 0 Å². The van der Waals surface area contributed by atoms with Crippen molar-refractivity contribution in [3.05, 3.63) is 54.1 Å². The number of nitrogens with zero attached hydrogens (tertiary/aromatic N) is 2. The minimum Gasteiger partial charge on any atom is -0.497 e. The van der Waals surface area contributed by atoms with Gasteiger partial charge in [0.1, 0.15) is 12.3 Å². The SMILES string of the molecule is COc1ccc(CN(C)CC(=O)N2CC(=O)Nc3ccccc32)cc1. The largest absolute Gasteiger partial charge is 0.497 e. The van der Waals surface area contributed by atoms with E-state index < -0.39 is 0 Å². The quantitative estimate of drug-likeness (QED) is 0.906. The normalized spacial score (nSPS) is 13.4. The number of amides is 2. The second-order valence-electron chi connectivity index (χ2n) is 6.07. The van der Waals surface area contributed by atoms with Crippen LogP contribution in [-0.4, -0.2) is 44.0 Å². The Hall–Kier alpha value is -2.86. The number of rotatable bonds is 5. The summed E-state index contributed by atoms with van der Waals surface area (Å²) >= 11 is 0. The molecule has 1 heterocycles. The van der Waals surface area contributed by atoms with Gasteiger partial charge in [-0.25, -0.2) is 0 Å². The van der Waals surface area contributed by atoms with Gasteiger partial charge in [0.15, 0.2) is 0 Å². The topological polar surface area (TPSA) is 61.9 Å². The summed E-state index contributed by atoms with van der Waals surface area (Å²) < 4.78 is 5.15. The minimum atomic E-state index is -0.176. The Kier molecular flexibility index (Phi) is 5.00. The maximum absolute atomic E-state index is 12.7. The molecule has 2 aromatic carbocycles. The molecule has 0 spiro atoms. The molecule has 2 amide bonds. The fraction of sp³-hybridized carbons (Fsp3) is 0.263. The number of hydrogen-bond acceptors (Lipinski definition) is 4. The molecule has 1 aliphatic heterocycles. The maximum atomic E-state index is 12.7. The fourth-order valence-corrected chi connectivity index (χ4v) is 2.87. The molecule has 1 N–H and O–H groups in total. The van der Waals surface area contributed by atoms with Crippen LogP contribution in [0.5, 0.6) is 5.75 Å². The third-order valence-electron chi connectivity index (χ3n) is 4.09. The van der Waals surface area contributed by atoms with Crippen LogP contribution in [0.25, 0.3) is 0 Å². The predicted octanol–water partition coefficient (Wildman–Crippen LogP) is 2.11. The van der Waals surface area contributed by atoms with Crippen LogP contribution in [0.2, 0.25) is 0 Å². The van der Waals surface area contributed by atoms with Gasteiger partial charge in [-0.3, -0.25) is 19.4 Å².